The van der Waals surface area contributed by atoms with Crippen LogP contribution in [0.3, 0.4) is 0 Å². The summed E-state index contributed by atoms with van der Waals surface area (Å²) in [5.41, 5.74) is 5.03. The van der Waals surface area contributed by atoms with Crippen molar-refractivity contribution in [3.63, 3.8) is 0 Å². The summed E-state index contributed by atoms with van der Waals surface area (Å²) in [5.74, 6) is 0. The second-order valence-electron chi connectivity index (χ2n) is 0.789. The first-order chi connectivity index (χ1) is 1.91. The summed E-state index contributed by atoms with van der Waals surface area (Å²) in [4.78, 5) is 0. The molecule has 0 saturated carbocycles. The van der Waals surface area contributed by atoms with E-state index < -0.39 is 0 Å². The molecule has 0 fully saturated rings. The van der Waals surface area contributed by atoms with Crippen molar-refractivity contribution in [2.45, 2.75) is 13.3 Å². The van der Waals surface area contributed by atoms with Crippen LogP contribution in [0.1, 0.15) is 13.3 Å². The summed E-state index contributed by atoms with van der Waals surface area (Å²) in [6, 6.07) is 0. The molecule has 1 radical (unpaired) electrons. The fourth-order valence-corrected chi connectivity index (χ4v) is 0. The minimum Gasteiger partial charge on any atom is -0.330 e. The Kier molecular flexibility index (Phi) is 16.1. The molecule has 0 aliphatic heterocycles. The van der Waals surface area contributed by atoms with Crippen molar-refractivity contribution in [3.8, 4) is 0 Å². The maximum absolute atomic E-state index is 5.03. The Balaban J connectivity index is 0. The van der Waals surface area contributed by atoms with Gasteiger partial charge in [0.15, 0.2) is 0 Å². The Morgan fingerprint density at radius 1 is 1.60 bits per heavy atom. The van der Waals surface area contributed by atoms with E-state index in [-0.39, 0.29) is 18.9 Å². The van der Waals surface area contributed by atoms with Crippen LogP contribution in [0.25, 0.3) is 0 Å². The van der Waals surface area contributed by atoms with Gasteiger partial charge >= 0.3 is 0 Å². The summed E-state index contributed by atoms with van der Waals surface area (Å²) in [7, 11) is 0. The van der Waals surface area contributed by atoms with E-state index in [2.05, 4.69) is 6.92 Å². The van der Waals surface area contributed by atoms with E-state index in [1.807, 2.05) is 0 Å². The first-order valence-corrected chi connectivity index (χ1v) is 1.62. The molecule has 5 heavy (non-hydrogen) atoms. The molecule has 0 unspecified atom stereocenters. The maximum atomic E-state index is 5.03. The Morgan fingerprint density at radius 3 is 1.80 bits per heavy atom. The first-order valence-electron chi connectivity index (χ1n) is 1.62. The number of hydrogen-bond donors (Lipinski definition) is 1. The molecule has 0 aliphatic carbocycles. The molecule has 0 aromatic carbocycles. The third kappa shape index (κ3) is 12.3. The van der Waals surface area contributed by atoms with Crippen LogP contribution in [0.2, 0.25) is 0 Å². The van der Waals surface area contributed by atoms with E-state index in [1.54, 1.807) is 0 Å². The normalized spacial score (nSPS) is 6.00. The Labute approximate surface area is 45.1 Å². The fourth-order valence-electron chi connectivity index (χ4n) is 0. The molecule has 0 saturated heterocycles. The largest absolute Gasteiger partial charge is 0.330 e. The van der Waals surface area contributed by atoms with Crippen molar-refractivity contribution < 1.29 is 0 Å². The molecule has 27 valence electrons. The van der Waals surface area contributed by atoms with Crippen LogP contribution < -0.4 is 5.73 Å². The molecule has 0 amide bonds. The quantitative estimate of drug-likeness (QED) is 0.427. The van der Waals surface area contributed by atoms with Crippen molar-refractivity contribution in [1.82, 2.24) is 0 Å². The fraction of sp³-hybridized carbons (Fsp3) is 1.00. The molecule has 0 spiro atoms. The van der Waals surface area contributed by atoms with E-state index in [4.69, 9.17) is 5.73 Å². The molecular weight excluding hydrogens is 57.0 g/mol. The number of nitrogens with two attached hydrogens (primary N) is 1. The molecule has 0 rings (SSSR count). The van der Waals surface area contributed by atoms with Crippen LogP contribution in [0.15, 0.2) is 0 Å². The van der Waals surface area contributed by atoms with Crippen molar-refractivity contribution in [2.75, 3.05) is 6.54 Å². The van der Waals surface area contributed by atoms with E-state index in [1.165, 1.54) is 0 Å². The summed E-state index contributed by atoms with van der Waals surface area (Å²) in [6.45, 7) is 2.88. The molecule has 0 bridgehead atoms. The predicted octanol–water partition coefficient (Wildman–Crippen LogP) is -0.0257. The number of rotatable bonds is 1. The predicted molar refractivity (Wildman–Crippen MR) is 25.1 cm³/mol. The van der Waals surface area contributed by atoms with Gasteiger partial charge in [0.2, 0.25) is 0 Å². The van der Waals surface area contributed by atoms with Gasteiger partial charge in [-0.1, -0.05) is 6.92 Å². The minimum absolute atomic E-state index is 0. The van der Waals surface area contributed by atoms with Gasteiger partial charge in [-0.15, -0.1) is 0 Å². The molecule has 0 atom stereocenters. The summed E-state index contributed by atoms with van der Waals surface area (Å²) in [5, 5.41) is 0. The van der Waals surface area contributed by atoms with Gasteiger partial charge in [-0.2, -0.15) is 0 Å². The van der Waals surface area contributed by atoms with Gasteiger partial charge in [-0.05, 0) is 13.0 Å². The van der Waals surface area contributed by atoms with Crippen molar-refractivity contribution in [1.29, 1.82) is 0 Å². The van der Waals surface area contributed by atoms with Gasteiger partial charge in [0.1, 0.15) is 0 Å². The molecule has 2 heteroatoms. The Bertz CT molecular complexity index is 8.85. The van der Waals surface area contributed by atoms with Crippen LogP contribution in [-0.4, -0.2) is 25.4 Å². The smallest absolute Gasteiger partial charge is 0 e. The molecule has 1 nitrogen and oxygen atoms in total. The van der Waals surface area contributed by atoms with Gasteiger partial charge in [0.25, 0.3) is 0 Å². The van der Waals surface area contributed by atoms with E-state index in [9.17, 15) is 0 Å². The van der Waals surface area contributed by atoms with Crippen LogP contribution in [0.4, 0.5) is 0 Å². The topological polar surface area (TPSA) is 26.0 Å². The van der Waals surface area contributed by atoms with Gasteiger partial charge in [-0.25, -0.2) is 0 Å². The van der Waals surface area contributed by atoms with Crippen LogP contribution in [0, 0.1) is 0 Å². The summed E-state index contributed by atoms with van der Waals surface area (Å²) < 4.78 is 0. The first kappa shape index (κ1) is 9.12. The van der Waals surface area contributed by atoms with Gasteiger partial charge in [-0.3, -0.25) is 0 Å². The third-order valence-electron chi connectivity index (χ3n) is 0.289. The number of hydrogen-bond acceptors (Lipinski definition) is 1. The molecule has 0 aliphatic rings. The average molecular weight is 66.1 g/mol. The molecular formula is C3H9LiN. The van der Waals surface area contributed by atoms with E-state index in [0.717, 1.165) is 13.0 Å². The Hall–Kier alpha value is 0.557. The molecule has 0 aromatic rings. The average Bonchev–Trinajstić information content (AvgIpc) is 1.37. The second kappa shape index (κ2) is 8.82. The van der Waals surface area contributed by atoms with E-state index in [0.29, 0.717) is 0 Å². The third-order valence-corrected chi connectivity index (χ3v) is 0.289. The Morgan fingerprint density at radius 2 is 1.80 bits per heavy atom. The minimum atomic E-state index is 0. The molecule has 0 heterocycles. The van der Waals surface area contributed by atoms with Crippen molar-refractivity contribution >= 4 is 18.9 Å². The standard InChI is InChI=1S/C3H9N.Li/c1-2-3-4;/h2-4H2,1H3;. The zero-order chi connectivity index (χ0) is 3.41. The van der Waals surface area contributed by atoms with Crippen molar-refractivity contribution in [2.24, 2.45) is 5.73 Å². The van der Waals surface area contributed by atoms with Gasteiger partial charge in [0.05, 0.1) is 0 Å². The maximum Gasteiger partial charge on any atom is 0 e. The zero-order valence-corrected chi connectivity index (χ0v) is 3.99. The summed E-state index contributed by atoms with van der Waals surface area (Å²) in [6.07, 6.45) is 1.10. The van der Waals surface area contributed by atoms with Crippen LogP contribution in [-0.2, 0) is 0 Å². The zero-order valence-electron chi connectivity index (χ0n) is 3.99. The van der Waals surface area contributed by atoms with Crippen LogP contribution >= 0.6 is 0 Å². The van der Waals surface area contributed by atoms with Crippen molar-refractivity contribution in [3.05, 3.63) is 0 Å². The van der Waals surface area contributed by atoms with Gasteiger partial charge < -0.3 is 5.73 Å². The van der Waals surface area contributed by atoms with Crippen LogP contribution in [0.5, 0.6) is 0 Å². The van der Waals surface area contributed by atoms with Gasteiger partial charge in [0, 0.05) is 18.9 Å². The SMILES string of the molecule is CCCN.[Li]. The molecule has 0 aromatic heterocycles. The molecule has 2 N–H and O–H groups in total. The van der Waals surface area contributed by atoms with E-state index >= 15 is 0 Å². The monoisotopic (exact) mass is 66.1 g/mol. The summed E-state index contributed by atoms with van der Waals surface area (Å²) >= 11 is 0. The second-order valence-corrected chi connectivity index (χ2v) is 0.789.